The van der Waals surface area contributed by atoms with Gasteiger partial charge in [0.25, 0.3) is 5.91 Å². The molecule has 0 unspecified atom stereocenters. The fourth-order valence-corrected chi connectivity index (χ4v) is 3.73. The number of pyridine rings is 1. The highest BCUT2D eigenvalue weighted by Gasteiger charge is 2.19. The van der Waals surface area contributed by atoms with Gasteiger partial charge in [0.2, 0.25) is 10.0 Å². The molecular formula is C23H23N3O5S. The number of hydrogen-bond donors (Lipinski definition) is 1. The Balaban J connectivity index is 1.59. The van der Waals surface area contributed by atoms with Gasteiger partial charge in [0.1, 0.15) is 0 Å². The number of carbonyl (C=O) groups excluding carboxylic acids is 2. The molecule has 0 saturated carbocycles. The molecule has 32 heavy (non-hydrogen) atoms. The minimum atomic E-state index is -3.64. The summed E-state index contributed by atoms with van der Waals surface area (Å²) in [6, 6.07) is 15.7. The van der Waals surface area contributed by atoms with Gasteiger partial charge in [-0.3, -0.25) is 4.79 Å². The molecule has 0 fully saturated rings. The van der Waals surface area contributed by atoms with E-state index < -0.39 is 28.5 Å². The SMILES string of the molecule is Cc1ccc(S(=O)(=O)N(C)C)cc1NC(=O)COC(=O)C=Cc1ccc2ccccc2n1. The second kappa shape index (κ2) is 9.71. The Morgan fingerprint density at radius 2 is 1.84 bits per heavy atom. The molecule has 166 valence electrons. The molecule has 9 heteroatoms. The lowest BCUT2D eigenvalue weighted by Gasteiger charge is -2.14. The van der Waals surface area contributed by atoms with Crippen LogP contribution in [0.3, 0.4) is 0 Å². The Labute approximate surface area is 186 Å². The third-order valence-corrected chi connectivity index (χ3v) is 6.43. The maximum absolute atomic E-state index is 12.3. The molecule has 0 aliphatic carbocycles. The average Bonchev–Trinajstić information content (AvgIpc) is 2.77. The number of nitrogens with one attached hydrogen (secondary N) is 1. The number of hydrogen-bond acceptors (Lipinski definition) is 6. The van der Waals surface area contributed by atoms with E-state index in [2.05, 4.69) is 10.3 Å². The zero-order valence-corrected chi connectivity index (χ0v) is 18.7. The average molecular weight is 454 g/mol. The van der Waals surface area contributed by atoms with E-state index in [0.717, 1.165) is 15.2 Å². The molecule has 2 aromatic carbocycles. The van der Waals surface area contributed by atoms with Gasteiger partial charge in [-0.2, -0.15) is 0 Å². The van der Waals surface area contributed by atoms with Gasteiger partial charge >= 0.3 is 5.97 Å². The third-order valence-electron chi connectivity index (χ3n) is 4.62. The van der Waals surface area contributed by atoms with Crippen molar-refractivity contribution in [2.75, 3.05) is 26.0 Å². The molecule has 0 radical (unpaired) electrons. The number of esters is 1. The summed E-state index contributed by atoms with van der Waals surface area (Å²) in [4.78, 5) is 28.6. The Hall–Kier alpha value is -3.56. The summed E-state index contributed by atoms with van der Waals surface area (Å²) in [6.07, 6.45) is 2.70. The van der Waals surface area contributed by atoms with Crippen molar-refractivity contribution in [3.63, 3.8) is 0 Å². The summed E-state index contributed by atoms with van der Waals surface area (Å²) in [6.45, 7) is 1.21. The summed E-state index contributed by atoms with van der Waals surface area (Å²) in [5.74, 6) is -1.28. The number of fused-ring (bicyclic) bond motifs is 1. The number of aryl methyl sites for hydroxylation is 1. The number of benzene rings is 2. The van der Waals surface area contributed by atoms with E-state index in [1.54, 1.807) is 19.1 Å². The van der Waals surface area contributed by atoms with Crippen LogP contribution in [0.15, 0.2) is 65.6 Å². The van der Waals surface area contributed by atoms with E-state index in [1.165, 1.54) is 38.4 Å². The zero-order valence-electron chi connectivity index (χ0n) is 17.9. The standard InChI is InChI=1S/C23H23N3O5S/c1-16-8-12-19(32(29,30)26(2)3)14-21(16)25-22(27)15-31-23(28)13-11-18-10-9-17-6-4-5-7-20(17)24-18/h4-14H,15H2,1-3H3,(H,25,27). The summed E-state index contributed by atoms with van der Waals surface area (Å²) < 4.78 is 30.6. The van der Waals surface area contributed by atoms with Crippen LogP contribution in [0.25, 0.3) is 17.0 Å². The van der Waals surface area contributed by atoms with Crippen LogP contribution in [0.4, 0.5) is 5.69 Å². The van der Waals surface area contributed by atoms with Crippen LogP contribution in [-0.2, 0) is 24.3 Å². The van der Waals surface area contributed by atoms with Gasteiger partial charge < -0.3 is 10.1 Å². The van der Waals surface area contributed by atoms with E-state index >= 15 is 0 Å². The maximum atomic E-state index is 12.3. The van der Waals surface area contributed by atoms with Crippen LogP contribution in [-0.4, -0.2) is 50.3 Å². The first-order valence-electron chi connectivity index (χ1n) is 9.70. The minimum absolute atomic E-state index is 0.0474. The second-order valence-corrected chi connectivity index (χ2v) is 9.33. The number of ether oxygens (including phenoxy) is 1. The van der Waals surface area contributed by atoms with Crippen molar-refractivity contribution < 1.29 is 22.7 Å². The lowest BCUT2D eigenvalue weighted by molar-refractivity contribution is -0.142. The quantitative estimate of drug-likeness (QED) is 0.436. The lowest BCUT2D eigenvalue weighted by Crippen LogP contribution is -2.23. The summed E-state index contributed by atoms with van der Waals surface area (Å²) in [7, 11) is -0.795. The van der Waals surface area contributed by atoms with Crippen LogP contribution in [0.5, 0.6) is 0 Å². The molecule has 0 bridgehead atoms. The molecule has 0 spiro atoms. The number of rotatable bonds is 7. The first-order valence-corrected chi connectivity index (χ1v) is 11.1. The first-order chi connectivity index (χ1) is 15.2. The number of sulfonamides is 1. The Kier molecular flexibility index (Phi) is 7.01. The normalized spacial score (nSPS) is 11.8. The van der Waals surface area contributed by atoms with Crippen LogP contribution < -0.4 is 5.32 Å². The van der Waals surface area contributed by atoms with Gasteiger partial charge in [0, 0.05) is 31.2 Å². The molecule has 1 heterocycles. The maximum Gasteiger partial charge on any atom is 0.331 e. The predicted octanol–water partition coefficient (Wildman–Crippen LogP) is 2.99. The van der Waals surface area contributed by atoms with Crippen molar-refractivity contribution in [3.8, 4) is 0 Å². The summed E-state index contributed by atoms with van der Waals surface area (Å²) in [5, 5.41) is 3.56. The van der Waals surface area contributed by atoms with Crippen molar-refractivity contribution >= 4 is 44.6 Å². The van der Waals surface area contributed by atoms with Crippen molar-refractivity contribution in [1.29, 1.82) is 0 Å². The first kappa shape index (κ1) is 23.1. The van der Waals surface area contributed by atoms with Crippen LogP contribution in [0.2, 0.25) is 0 Å². The van der Waals surface area contributed by atoms with Gasteiger partial charge in [-0.15, -0.1) is 0 Å². The minimum Gasteiger partial charge on any atom is -0.452 e. The van der Waals surface area contributed by atoms with E-state index in [1.807, 2.05) is 30.3 Å². The Morgan fingerprint density at radius 1 is 1.09 bits per heavy atom. The van der Waals surface area contributed by atoms with Gasteiger partial charge in [-0.05, 0) is 42.8 Å². The lowest BCUT2D eigenvalue weighted by atomic mass is 10.2. The third kappa shape index (κ3) is 5.57. The molecule has 0 aliphatic rings. The highest BCUT2D eigenvalue weighted by Crippen LogP contribution is 2.22. The number of amides is 1. The fourth-order valence-electron chi connectivity index (χ4n) is 2.81. The molecule has 3 rings (SSSR count). The van der Waals surface area contributed by atoms with Crippen LogP contribution >= 0.6 is 0 Å². The van der Waals surface area contributed by atoms with Crippen LogP contribution in [0, 0.1) is 6.92 Å². The highest BCUT2D eigenvalue weighted by atomic mass is 32.2. The number of carbonyl (C=O) groups is 2. The highest BCUT2D eigenvalue weighted by molar-refractivity contribution is 7.89. The van der Waals surface area contributed by atoms with Gasteiger partial charge in [0.15, 0.2) is 6.61 Å². The monoisotopic (exact) mass is 453 g/mol. The zero-order chi connectivity index (χ0) is 23.3. The number of aromatic nitrogens is 1. The topological polar surface area (TPSA) is 106 Å². The molecule has 0 aliphatic heterocycles. The molecule has 8 nitrogen and oxygen atoms in total. The molecule has 0 saturated heterocycles. The van der Waals surface area contributed by atoms with Crippen molar-refractivity contribution in [2.45, 2.75) is 11.8 Å². The number of para-hydroxylation sites is 1. The van der Waals surface area contributed by atoms with Crippen molar-refractivity contribution in [1.82, 2.24) is 9.29 Å². The van der Waals surface area contributed by atoms with E-state index in [9.17, 15) is 18.0 Å². The van der Waals surface area contributed by atoms with Gasteiger partial charge in [-0.1, -0.05) is 30.3 Å². The summed E-state index contributed by atoms with van der Waals surface area (Å²) >= 11 is 0. The molecule has 1 N–H and O–H groups in total. The molecular weight excluding hydrogens is 430 g/mol. The predicted molar refractivity (Wildman–Crippen MR) is 122 cm³/mol. The number of anilines is 1. The Bertz CT molecular complexity index is 1300. The smallest absolute Gasteiger partial charge is 0.331 e. The largest absolute Gasteiger partial charge is 0.452 e. The van der Waals surface area contributed by atoms with Crippen molar-refractivity contribution in [2.24, 2.45) is 0 Å². The summed E-state index contributed by atoms with van der Waals surface area (Å²) in [5.41, 5.74) is 2.38. The van der Waals surface area contributed by atoms with E-state index in [-0.39, 0.29) is 4.90 Å². The fraction of sp³-hybridized carbons (Fsp3) is 0.174. The van der Waals surface area contributed by atoms with E-state index in [4.69, 9.17) is 4.74 Å². The van der Waals surface area contributed by atoms with Gasteiger partial charge in [-0.25, -0.2) is 22.5 Å². The van der Waals surface area contributed by atoms with Crippen LogP contribution in [0.1, 0.15) is 11.3 Å². The van der Waals surface area contributed by atoms with Crippen molar-refractivity contribution in [3.05, 3.63) is 71.9 Å². The van der Waals surface area contributed by atoms with Gasteiger partial charge in [0.05, 0.1) is 16.1 Å². The molecule has 3 aromatic rings. The second-order valence-electron chi connectivity index (χ2n) is 7.18. The molecule has 1 aromatic heterocycles. The molecule has 1 amide bonds. The Morgan fingerprint density at radius 3 is 2.59 bits per heavy atom. The van der Waals surface area contributed by atoms with E-state index in [0.29, 0.717) is 16.9 Å². The number of nitrogens with zero attached hydrogens (tertiary/aromatic N) is 2. The molecule has 0 atom stereocenters.